The Balaban J connectivity index is 1.96. The quantitative estimate of drug-likeness (QED) is 0.822. The monoisotopic (exact) mass is 276 g/mol. The first kappa shape index (κ1) is 13.2. The first-order valence-corrected chi connectivity index (χ1v) is 6.52. The molecule has 2 aromatic rings. The molecule has 98 valence electrons. The third-order valence-corrected chi connectivity index (χ3v) is 3.31. The number of thiophene rings is 1. The van der Waals surface area contributed by atoms with Crippen molar-refractivity contribution in [1.82, 2.24) is 9.55 Å². The summed E-state index contributed by atoms with van der Waals surface area (Å²) < 4.78 is 1.88. The molecule has 0 unspecified atom stereocenters. The average Bonchev–Trinajstić information content (AvgIpc) is 3.03. The van der Waals surface area contributed by atoms with E-state index in [-0.39, 0.29) is 18.6 Å². The Bertz CT molecular complexity index is 599. The second-order valence-electron chi connectivity index (χ2n) is 3.87. The maximum Gasteiger partial charge on any atom is 0.303 e. The molecule has 0 aliphatic carbocycles. The average molecular weight is 276 g/mol. The molecule has 2 rings (SSSR count). The Morgan fingerprint density at radius 3 is 2.95 bits per heavy atom. The molecule has 0 aliphatic rings. The summed E-state index contributed by atoms with van der Waals surface area (Å²) in [7, 11) is 0. The van der Waals surface area contributed by atoms with Crippen LogP contribution in [0.3, 0.4) is 0 Å². The summed E-state index contributed by atoms with van der Waals surface area (Å²) in [6, 6.07) is 1.94. The van der Waals surface area contributed by atoms with Gasteiger partial charge in [0.05, 0.1) is 18.4 Å². The highest BCUT2D eigenvalue weighted by Gasteiger charge is 2.03. The minimum absolute atomic E-state index is 0.0333. The number of imidazole rings is 1. The second kappa shape index (κ2) is 6.10. The van der Waals surface area contributed by atoms with Gasteiger partial charge in [-0.1, -0.05) is 0 Å². The molecule has 0 amide bonds. The van der Waals surface area contributed by atoms with Crippen LogP contribution >= 0.6 is 11.3 Å². The van der Waals surface area contributed by atoms with Crippen molar-refractivity contribution in [3.8, 4) is 5.69 Å². The maximum absolute atomic E-state index is 11.4. The highest BCUT2D eigenvalue weighted by Crippen LogP contribution is 2.19. The van der Waals surface area contributed by atoms with E-state index < -0.39 is 5.97 Å². The fraction of sp³-hybridized carbons (Fsp3) is 0.154. The molecule has 0 radical (unpaired) electrons. The zero-order chi connectivity index (χ0) is 13.7. The number of carbonyl (C=O) groups is 2. The summed E-state index contributed by atoms with van der Waals surface area (Å²) >= 11 is 1.51. The first-order valence-electron chi connectivity index (χ1n) is 5.65. The van der Waals surface area contributed by atoms with Crippen LogP contribution in [0.25, 0.3) is 11.8 Å². The molecule has 0 saturated heterocycles. The van der Waals surface area contributed by atoms with E-state index in [1.165, 1.54) is 17.4 Å². The molecule has 5 nitrogen and oxygen atoms in total. The molecular formula is C13H12N2O3S. The van der Waals surface area contributed by atoms with Crippen molar-refractivity contribution in [1.29, 1.82) is 0 Å². The highest BCUT2D eigenvalue weighted by atomic mass is 32.1. The summed E-state index contributed by atoms with van der Waals surface area (Å²) in [6.07, 6.45) is 8.27. The van der Waals surface area contributed by atoms with E-state index >= 15 is 0 Å². The molecule has 2 aromatic heterocycles. The first-order chi connectivity index (χ1) is 9.15. The van der Waals surface area contributed by atoms with Crippen molar-refractivity contribution in [2.45, 2.75) is 12.8 Å². The van der Waals surface area contributed by atoms with Gasteiger partial charge in [0, 0.05) is 29.1 Å². The van der Waals surface area contributed by atoms with Gasteiger partial charge in [-0.3, -0.25) is 9.59 Å². The van der Waals surface area contributed by atoms with Crippen molar-refractivity contribution >= 4 is 29.2 Å². The lowest BCUT2D eigenvalue weighted by Gasteiger charge is -1.93. The van der Waals surface area contributed by atoms with Crippen LogP contribution in [0.2, 0.25) is 0 Å². The van der Waals surface area contributed by atoms with E-state index in [9.17, 15) is 9.59 Å². The van der Waals surface area contributed by atoms with Crippen molar-refractivity contribution in [3.05, 3.63) is 41.1 Å². The lowest BCUT2D eigenvalue weighted by molar-refractivity contribution is -0.138. The van der Waals surface area contributed by atoms with Crippen LogP contribution in [-0.4, -0.2) is 26.4 Å². The van der Waals surface area contributed by atoms with Crippen molar-refractivity contribution < 1.29 is 14.7 Å². The van der Waals surface area contributed by atoms with Crippen LogP contribution in [-0.2, 0) is 9.59 Å². The van der Waals surface area contributed by atoms with E-state index in [0.29, 0.717) is 0 Å². The minimum Gasteiger partial charge on any atom is -0.481 e. The zero-order valence-electron chi connectivity index (χ0n) is 10.0. The number of nitrogens with zero attached hydrogens (tertiary/aromatic N) is 2. The molecule has 0 aromatic carbocycles. The number of carboxylic acids is 1. The predicted molar refractivity (Wildman–Crippen MR) is 72.4 cm³/mol. The van der Waals surface area contributed by atoms with Gasteiger partial charge >= 0.3 is 5.97 Å². The van der Waals surface area contributed by atoms with Crippen molar-refractivity contribution in [3.63, 3.8) is 0 Å². The number of carboxylic acid groups (broad SMARTS) is 1. The molecule has 0 saturated carbocycles. The van der Waals surface area contributed by atoms with E-state index in [1.54, 1.807) is 18.6 Å². The SMILES string of the molecule is O=C(O)CCC(=O)/C=C/c1cc(-n2ccnc2)cs1. The third-order valence-electron chi connectivity index (χ3n) is 2.43. The number of aliphatic carboxylic acids is 1. The van der Waals surface area contributed by atoms with E-state index in [2.05, 4.69) is 4.98 Å². The van der Waals surface area contributed by atoms with Gasteiger partial charge in [-0.05, 0) is 18.2 Å². The Kier molecular flexibility index (Phi) is 4.25. The number of rotatable bonds is 6. The van der Waals surface area contributed by atoms with E-state index in [4.69, 9.17) is 5.11 Å². The third kappa shape index (κ3) is 3.89. The van der Waals surface area contributed by atoms with Gasteiger partial charge in [-0.15, -0.1) is 11.3 Å². The molecule has 0 atom stereocenters. The van der Waals surface area contributed by atoms with Gasteiger partial charge < -0.3 is 9.67 Å². The molecule has 0 spiro atoms. The number of ketones is 1. The number of allylic oxidation sites excluding steroid dienone is 1. The van der Waals surface area contributed by atoms with Crippen LogP contribution < -0.4 is 0 Å². The Hall–Kier alpha value is -2.21. The minimum atomic E-state index is -0.958. The largest absolute Gasteiger partial charge is 0.481 e. The summed E-state index contributed by atoms with van der Waals surface area (Å²) in [4.78, 5) is 26.6. The van der Waals surface area contributed by atoms with Gasteiger partial charge in [0.2, 0.25) is 0 Å². The molecule has 2 heterocycles. The normalized spacial score (nSPS) is 10.9. The van der Waals surface area contributed by atoms with Gasteiger partial charge in [0.15, 0.2) is 5.78 Å². The molecule has 0 bridgehead atoms. The number of carbonyl (C=O) groups excluding carboxylic acids is 1. The lowest BCUT2D eigenvalue weighted by Crippen LogP contribution is -1.99. The zero-order valence-corrected chi connectivity index (χ0v) is 10.8. The van der Waals surface area contributed by atoms with Crippen molar-refractivity contribution in [2.24, 2.45) is 0 Å². The molecular weight excluding hydrogens is 264 g/mol. The summed E-state index contributed by atoms with van der Waals surface area (Å²) in [5, 5.41) is 10.4. The molecule has 0 fully saturated rings. The van der Waals surface area contributed by atoms with Gasteiger partial charge in [-0.25, -0.2) is 4.98 Å². The number of aromatic nitrogens is 2. The maximum atomic E-state index is 11.4. The molecule has 0 aliphatic heterocycles. The molecule has 1 N–H and O–H groups in total. The fourth-order valence-electron chi connectivity index (χ4n) is 1.47. The lowest BCUT2D eigenvalue weighted by atomic mass is 10.2. The van der Waals surface area contributed by atoms with Crippen LogP contribution in [0.1, 0.15) is 17.7 Å². The summed E-state index contributed by atoms with van der Waals surface area (Å²) in [5.41, 5.74) is 0.986. The predicted octanol–water partition coefficient (Wildman–Crippen LogP) is 2.38. The Labute approximate surface area is 113 Å². The van der Waals surface area contributed by atoms with Crippen LogP contribution in [0.5, 0.6) is 0 Å². The van der Waals surface area contributed by atoms with E-state index in [1.807, 2.05) is 22.2 Å². The molecule has 6 heteroatoms. The highest BCUT2D eigenvalue weighted by molar-refractivity contribution is 7.11. The Morgan fingerprint density at radius 1 is 1.42 bits per heavy atom. The summed E-state index contributed by atoms with van der Waals surface area (Å²) in [5.74, 6) is -1.14. The smallest absolute Gasteiger partial charge is 0.303 e. The molecule has 19 heavy (non-hydrogen) atoms. The second-order valence-corrected chi connectivity index (χ2v) is 4.81. The Morgan fingerprint density at radius 2 is 2.26 bits per heavy atom. The number of hydrogen-bond donors (Lipinski definition) is 1. The number of hydrogen-bond acceptors (Lipinski definition) is 4. The van der Waals surface area contributed by atoms with E-state index in [0.717, 1.165) is 10.6 Å². The topological polar surface area (TPSA) is 72.2 Å². The van der Waals surface area contributed by atoms with Gasteiger partial charge in [-0.2, -0.15) is 0 Å². The fourth-order valence-corrected chi connectivity index (χ4v) is 2.25. The van der Waals surface area contributed by atoms with Gasteiger partial charge in [0.1, 0.15) is 0 Å². The van der Waals surface area contributed by atoms with Crippen LogP contribution in [0.15, 0.2) is 36.2 Å². The van der Waals surface area contributed by atoms with Gasteiger partial charge in [0.25, 0.3) is 0 Å². The van der Waals surface area contributed by atoms with Crippen LogP contribution in [0, 0.1) is 0 Å². The summed E-state index contributed by atoms with van der Waals surface area (Å²) in [6.45, 7) is 0. The van der Waals surface area contributed by atoms with Crippen LogP contribution in [0.4, 0.5) is 0 Å². The van der Waals surface area contributed by atoms with Crippen molar-refractivity contribution in [2.75, 3.05) is 0 Å². The standard InChI is InChI=1S/C13H12N2O3S/c16-11(2-4-13(17)18)1-3-12-7-10(8-19-12)15-6-5-14-9-15/h1,3,5-9H,2,4H2,(H,17,18)/b3-1+.